The number of carbonyl (C=O) groups excluding carboxylic acids is 2. The van der Waals surface area contributed by atoms with Crippen molar-refractivity contribution in [2.75, 3.05) is 24.8 Å². The molecule has 2 aliphatic heterocycles. The van der Waals surface area contributed by atoms with Gasteiger partial charge in [-0.2, -0.15) is 0 Å². The highest BCUT2D eigenvalue weighted by molar-refractivity contribution is 6.06. The zero-order valence-corrected chi connectivity index (χ0v) is 11.1. The van der Waals surface area contributed by atoms with Gasteiger partial charge in [-0.1, -0.05) is 0 Å². The summed E-state index contributed by atoms with van der Waals surface area (Å²) in [6.45, 7) is 1.94. The second-order valence-corrected chi connectivity index (χ2v) is 5.04. The third-order valence-electron chi connectivity index (χ3n) is 3.62. The third kappa shape index (κ3) is 2.02. The summed E-state index contributed by atoms with van der Waals surface area (Å²) in [6.07, 6.45) is 0.294. The summed E-state index contributed by atoms with van der Waals surface area (Å²) in [6, 6.07) is 3.27. The van der Waals surface area contributed by atoms with Crippen molar-refractivity contribution in [1.82, 2.24) is 0 Å². The fraction of sp³-hybridized carbons (Fsp3) is 0.429. The Bertz CT molecular complexity index is 583. The van der Waals surface area contributed by atoms with Gasteiger partial charge in [-0.25, -0.2) is 0 Å². The quantitative estimate of drug-likeness (QED) is 0.833. The van der Waals surface area contributed by atoms with Crippen LogP contribution in [0, 0.1) is 5.92 Å². The Hall–Kier alpha value is -2.08. The summed E-state index contributed by atoms with van der Waals surface area (Å²) < 4.78 is 10.6. The van der Waals surface area contributed by atoms with Crippen LogP contribution in [0.2, 0.25) is 0 Å². The van der Waals surface area contributed by atoms with Crippen molar-refractivity contribution in [1.29, 1.82) is 0 Å². The van der Waals surface area contributed by atoms with E-state index in [9.17, 15) is 14.7 Å². The second kappa shape index (κ2) is 4.79. The van der Waals surface area contributed by atoms with Gasteiger partial charge in [0, 0.05) is 37.1 Å². The maximum atomic E-state index is 12.1. The van der Waals surface area contributed by atoms with Crippen LogP contribution in [-0.2, 0) is 4.79 Å². The molecule has 1 aromatic rings. The van der Waals surface area contributed by atoms with Gasteiger partial charge in [0.15, 0.2) is 17.3 Å². The number of Topliss-reactive ketones (excluding diaryl/α,β-unsaturated/α-hetero) is 1. The second-order valence-electron chi connectivity index (χ2n) is 5.04. The Labute approximate surface area is 115 Å². The van der Waals surface area contributed by atoms with Crippen LogP contribution < -0.4 is 14.4 Å². The van der Waals surface area contributed by atoms with Crippen LogP contribution in [-0.4, -0.2) is 36.7 Å². The monoisotopic (exact) mass is 277 g/mol. The van der Waals surface area contributed by atoms with Crippen LogP contribution in [0.4, 0.5) is 5.69 Å². The molecule has 6 heteroatoms. The summed E-state index contributed by atoms with van der Waals surface area (Å²) in [4.78, 5) is 25.4. The Morgan fingerprint density at radius 1 is 1.40 bits per heavy atom. The molecule has 2 aliphatic rings. The number of amides is 1. The van der Waals surface area contributed by atoms with E-state index in [4.69, 9.17) is 9.47 Å². The molecule has 0 radical (unpaired) electrons. The lowest BCUT2D eigenvalue weighted by molar-refractivity contribution is -0.117. The molecule has 1 saturated heterocycles. The van der Waals surface area contributed by atoms with Gasteiger partial charge in [-0.05, 0) is 13.0 Å². The van der Waals surface area contributed by atoms with Crippen LogP contribution in [0.15, 0.2) is 12.1 Å². The van der Waals surface area contributed by atoms with Crippen molar-refractivity contribution >= 4 is 17.4 Å². The van der Waals surface area contributed by atoms with Gasteiger partial charge < -0.3 is 19.5 Å². The Morgan fingerprint density at radius 3 is 2.70 bits per heavy atom. The molecule has 106 valence electrons. The molecule has 3 rings (SSSR count). The van der Waals surface area contributed by atoms with Crippen molar-refractivity contribution in [3.63, 3.8) is 0 Å². The molecule has 0 aromatic heterocycles. The van der Waals surface area contributed by atoms with E-state index >= 15 is 0 Å². The molecule has 1 fully saturated rings. The van der Waals surface area contributed by atoms with Crippen molar-refractivity contribution < 1.29 is 24.2 Å². The number of carbonyl (C=O) groups is 2. The summed E-state index contributed by atoms with van der Waals surface area (Å²) in [5, 5.41) is 9.19. The molecule has 20 heavy (non-hydrogen) atoms. The highest BCUT2D eigenvalue weighted by atomic mass is 16.7. The fourth-order valence-corrected chi connectivity index (χ4v) is 2.57. The van der Waals surface area contributed by atoms with E-state index in [1.807, 2.05) is 0 Å². The van der Waals surface area contributed by atoms with Crippen LogP contribution in [0.3, 0.4) is 0 Å². The third-order valence-corrected chi connectivity index (χ3v) is 3.62. The lowest BCUT2D eigenvalue weighted by atomic mass is 10.1. The van der Waals surface area contributed by atoms with Gasteiger partial charge in [0.2, 0.25) is 12.7 Å². The standard InChI is InChI=1S/C14H15NO5/c1-8(17)10-3-12-13(20-7-19-12)4-11(10)15-5-9(6-16)2-14(15)18/h3-4,9,16H,2,5-7H2,1H3. The largest absolute Gasteiger partial charge is 0.454 e. The van der Waals surface area contributed by atoms with E-state index in [1.165, 1.54) is 6.92 Å². The lowest BCUT2D eigenvalue weighted by Crippen LogP contribution is -2.26. The molecule has 1 aromatic carbocycles. The Kier molecular flexibility index (Phi) is 3.10. The minimum absolute atomic E-state index is 0.0395. The molecular formula is C14H15NO5. The van der Waals surface area contributed by atoms with E-state index in [0.29, 0.717) is 35.7 Å². The molecule has 1 N–H and O–H groups in total. The minimum atomic E-state index is -0.140. The molecule has 0 saturated carbocycles. The fourth-order valence-electron chi connectivity index (χ4n) is 2.57. The molecule has 0 bridgehead atoms. The summed E-state index contributed by atoms with van der Waals surface area (Å²) in [5.41, 5.74) is 0.962. The highest BCUT2D eigenvalue weighted by Gasteiger charge is 2.33. The zero-order valence-electron chi connectivity index (χ0n) is 11.1. The number of nitrogens with zero attached hydrogens (tertiary/aromatic N) is 1. The zero-order chi connectivity index (χ0) is 14.3. The number of aliphatic hydroxyl groups is 1. The van der Waals surface area contributed by atoms with Crippen LogP contribution in [0.25, 0.3) is 0 Å². The van der Waals surface area contributed by atoms with E-state index in [-0.39, 0.29) is 31.0 Å². The van der Waals surface area contributed by atoms with Crippen molar-refractivity contribution in [3.05, 3.63) is 17.7 Å². The van der Waals surface area contributed by atoms with E-state index in [2.05, 4.69) is 0 Å². The molecular weight excluding hydrogens is 262 g/mol. The maximum absolute atomic E-state index is 12.1. The molecule has 0 spiro atoms. The normalized spacial score (nSPS) is 20.6. The van der Waals surface area contributed by atoms with Crippen molar-refractivity contribution in [3.8, 4) is 11.5 Å². The summed E-state index contributed by atoms with van der Waals surface area (Å²) in [7, 11) is 0. The van der Waals surface area contributed by atoms with E-state index in [1.54, 1.807) is 17.0 Å². The number of hydrogen-bond acceptors (Lipinski definition) is 5. The van der Waals surface area contributed by atoms with E-state index < -0.39 is 0 Å². The first-order chi connectivity index (χ1) is 9.60. The van der Waals surface area contributed by atoms with Crippen LogP contribution in [0.1, 0.15) is 23.7 Å². The van der Waals surface area contributed by atoms with Crippen LogP contribution in [0.5, 0.6) is 11.5 Å². The minimum Gasteiger partial charge on any atom is -0.454 e. The number of anilines is 1. The first-order valence-corrected chi connectivity index (χ1v) is 6.46. The predicted molar refractivity (Wildman–Crippen MR) is 70.1 cm³/mol. The average molecular weight is 277 g/mol. The molecule has 0 aliphatic carbocycles. The van der Waals surface area contributed by atoms with Gasteiger partial charge in [-0.15, -0.1) is 0 Å². The van der Waals surface area contributed by atoms with Crippen molar-refractivity contribution in [2.24, 2.45) is 5.92 Å². The SMILES string of the molecule is CC(=O)c1cc2c(cc1N1CC(CO)CC1=O)OCO2. The lowest BCUT2D eigenvalue weighted by Gasteiger charge is -2.19. The van der Waals surface area contributed by atoms with Gasteiger partial charge in [0.05, 0.1) is 5.69 Å². The van der Waals surface area contributed by atoms with Gasteiger partial charge in [0.1, 0.15) is 0 Å². The Balaban J connectivity index is 2.04. The number of ether oxygens (including phenoxy) is 2. The van der Waals surface area contributed by atoms with Gasteiger partial charge in [0.25, 0.3) is 0 Å². The molecule has 1 atom stereocenters. The predicted octanol–water partition coefficient (Wildman–Crippen LogP) is 0.963. The Morgan fingerprint density at radius 2 is 2.10 bits per heavy atom. The molecule has 6 nitrogen and oxygen atoms in total. The van der Waals surface area contributed by atoms with Crippen molar-refractivity contribution in [2.45, 2.75) is 13.3 Å². The molecule has 2 heterocycles. The topological polar surface area (TPSA) is 76.1 Å². The number of rotatable bonds is 3. The molecule has 1 amide bonds. The number of aliphatic hydroxyl groups excluding tert-OH is 1. The molecule has 1 unspecified atom stereocenters. The number of ketones is 1. The number of hydrogen-bond donors (Lipinski definition) is 1. The highest BCUT2D eigenvalue weighted by Crippen LogP contribution is 2.40. The van der Waals surface area contributed by atoms with Gasteiger partial charge in [-0.3, -0.25) is 9.59 Å². The number of benzene rings is 1. The van der Waals surface area contributed by atoms with E-state index in [0.717, 1.165) is 0 Å². The first kappa shape index (κ1) is 12.9. The smallest absolute Gasteiger partial charge is 0.231 e. The van der Waals surface area contributed by atoms with Crippen LogP contribution >= 0.6 is 0 Å². The summed E-state index contributed by atoms with van der Waals surface area (Å²) in [5.74, 6) is 0.728. The number of fused-ring (bicyclic) bond motifs is 1. The first-order valence-electron chi connectivity index (χ1n) is 6.46. The average Bonchev–Trinajstić information content (AvgIpc) is 3.02. The summed E-state index contributed by atoms with van der Waals surface area (Å²) >= 11 is 0. The van der Waals surface area contributed by atoms with Gasteiger partial charge >= 0.3 is 0 Å². The maximum Gasteiger partial charge on any atom is 0.231 e.